The van der Waals surface area contributed by atoms with Crippen LogP contribution in [0.3, 0.4) is 0 Å². The fraction of sp³-hybridized carbons (Fsp3) is 0.0938. The molecule has 0 amide bonds. The molecule has 6 aromatic rings. The van der Waals surface area contributed by atoms with Crippen LogP contribution in [-0.4, -0.2) is 16.3 Å². The van der Waals surface area contributed by atoms with Crippen LogP contribution in [0.1, 0.15) is 11.6 Å². The second-order valence-corrected chi connectivity index (χ2v) is 10.7. The van der Waals surface area contributed by atoms with Gasteiger partial charge in [-0.2, -0.15) is 0 Å². The van der Waals surface area contributed by atoms with E-state index >= 15 is 0 Å². The molecule has 172 valence electrons. The van der Waals surface area contributed by atoms with Gasteiger partial charge in [0.15, 0.2) is 0 Å². The summed E-state index contributed by atoms with van der Waals surface area (Å²) < 4.78 is 5.15. The molecule has 0 saturated carbocycles. The van der Waals surface area contributed by atoms with E-state index in [2.05, 4.69) is 89.5 Å². The first kappa shape index (κ1) is 20.2. The second kappa shape index (κ2) is 7.50. The van der Waals surface area contributed by atoms with Crippen LogP contribution in [0, 0.1) is 0 Å². The van der Waals surface area contributed by atoms with E-state index in [1.165, 1.54) is 58.7 Å². The number of thiophene rings is 1. The number of rotatable bonds is 2. The number of hydrogen-bond donors (Lipinski definition) is 1. The third-order valence-electron chi connectivity index (χ3n) is 7.67. The van der Waals surface area contributed by atoms with Crippen LogP contribution in [-0.2, 0) is 6.54 Å². The molecular formula is C32H23N3S. The van der Waals surface area contributed by atoms with E-state index in [1.54, 1.807) is 0 Å². The van der Waals surface area contributed by atoms with E-state index in [-0.39, 0.29) is 12.1 Å². The van der Waals surface area contributed by atoms with E-state index in [0.29, 0.717) is 0 Å². The highest BCUT2D eigenvalue weighted by molar-refractivity contribution is 7.26. The molecule has 4 heteroatoms. The number of fused-ring (bicyclic) bond motifs is 7. The molecule has 0 saturated heterocycles. The Morgan fingerprint density at radius 3 is 2.58 bits per heavy atom. The smallest absolute Gasteiger partial charge is 0.0952 e. The molecule has 2 N–H and O–H groups in total. The van der Waals surface area contributed by atoms with E-state index in [4.69, 9.17) is 10.7 Å². The third-order valence-corrected chi connectivity index (χ3v) is 8.85. The van der Waals surface area contributed by atoms with Gasteiger partial charge >= 0.3 is 0 Å². The van der Waals surface area contributed by atoms with Crippen molar-refractivity contribution < 1.29 is 0 Å². The van der Waals surface area contributed by atoms with Crippen molar-refractivity contribution in [1.29, 1.82) is 0 Å². The highest BCUT2D eigenvalue weighted by Crippen LogP contribution is 2.50. The number of allylic oxidation sites excluding steroid dienone is 2. The van der Waals surface area contributed by atoms with E-state index < -0.39 is 0 Å². The van der Waals surface area contributed by atoms with Gasteiger partial charge in [-0.1, -0.05) is 85.0 Å². The van der Waals surface area contributed by atoms with Crippen molar-refractivity contribution in [2.24, 2.45) is 10.7 Å². The zero-order valence-corrected chi connectivity index (χ0v) is 20.4. The zero-order valence-electron chi connectivity index (χ0n) is 19.6. The minimum Gasteiger partial charge on any atom is -0.338 e. The molecule has 0 fully saturated rings. The molecule has 2 aromatic heterocycles. The maximum Gasteiger partial charge on any atom is 0.0952 e. The highest BCUT2D eigenvalue weighted by atomic mass is 32.1. The van der Waals surface area contributed by atoms with Gasteiger partial charge in [0.25, 0.3) is 0 Å². The maximum absolute atomic E-state index is 6.37. The van der Waals surface area contributed by atoms with E-state index in [0.717, 1.165) is 12.3 Å². The predicted molar refractivity (Wildman–Crippen MR) is 154 cm³/mol. The monoisotopic (exact) mass is 481 g/mol. The lowest BCUT2D eigenvalue weighted by molar-refractivity contribution is 0.648. The molecule has 2 unspecified atom stereocenters. The molecule has 0 bridgehead atoms. The van der Waals surface area contributed by atoms with Crippen molar-refractivity contribution in [3.8, 4) is 11.1 Å². The number of para-hydroxylation sites is 1. The average molecular weight is 482 g/mol. The largest absolute Gasteiger partial charge is 0.338 e. The first-order valence-electron chi connectivity index (χ1n) is 12.4. The van der Waals surface area contributed by atoms with Gasteiger partial charge in [-0.05, 0) is 29.3 Å². The zero-order chi connectivity index (χ0) is 23.8. The summed E-state index contributed by atoms with van der Waals surface area (Å²) in [4.78, 5) is 5.20. The topological polar surface area (TPSA) is 43.3 Å². The molecule has 1 aliphatic carbocycles. The first-order valence-corrected chi connectivity index (χ1v) is 13.2. The highest BCUT2D eigenvalue weighted by Gasteiger charge is 2.30. The molecule has 3 nitrogen and oxygen atoms in total. The van der Waals surface area contributed by atoms with E-state index in [1.807, 2.05) is 29.6 Å². The van der Waals surface area contributed by atoms with Gasteiger partial charge in [0.1, 0.15) is 0 Å². The van der Waals surface area contributed by atoms with Gasteiger partial charge in [-0.25, -0.2) is 0 Å². The number of aromatic nitrogens is 1. The third kappa shape index (κ3) is 2.74. The number of nitrogens with zero attached hydrogens (tertiary/aromatic N) is 2. The van der Waals surface area contributed by atoms with Crippen molar-refractivity contribution in [2.75, 3.05) is 0 Å². The van der Waals surface area contributed by atoms with Crippen molar-refractivity contribution in [3.63, 3.8) is 0 Å². The fourth-order valence-electron chi connectivity index (χ4n) is 6.09. The Morgan fingerprint density at radius 2 is 1.69 bits per heavy atom. The van der Waals surface area contributed by atoms with Crippen LogP contribution in [0.15, 0.2) is 108 Å². The molecular weight excluding hydrogens is 458 g/mol. The summed E-state index contributed by atoms with van der Waals surface area (Å²) in [6.45, 7) is 0.845. The average Bonchev–Trinajstić information content (AvgIpc) is 3.57. The van der Waals surface area contributed by atoms with Crippen LogP contribution in [0.4, 0.5) is 0 Å². The number of benzene rings is 4. The van der Waals surface area contributed by atoms with Gasteiger partial charge in [-0.3, -0.25) is 4.99 Å². The number of nitrogens with two attached hydrogens (primary N) is 1. The predicted octanol–water partition coefficient (Wildman–Crippen LogP) is 7.78. The van der Waals surface area contributed by atoms with Gasteiger partial charge in [0, 0.05) is 48.6 Å². The van der Waals surface area contributed by atoms with Gasteiger partial charge in [0.05, 0.1) is 23.3 Å². The molecule has 0 spiro atoms. The Labute approximate surface area is 212 Å². The lowest BCUT2D eigenvalue weighted by atomic mass is 9.97. The van der Waals surface area contributed by atoms with Crippen molar-refractivity contribution in [3.05, 3.63) is 109 Å². The summed E-state index contributed by atoms with van der Waals surface area (Å²) >= 11 is 1.90. The van der Waals surface area contributed by atoms with Gasteiger partial charge in [0.2, 0.25) is 0 Å². The van der Waals surface area contributed by atoms with Crippen molar-refractivity contribution in [2.45, 2.75) is 18.6 Å². The Hall–Kier alpha value is -3.99. The Kier molecular flexibility index (Phi) is 4.22. The summed E-state index contributed by atoms with van der Waals surface area (Å²) in [5.41, 5.74) is 13.8. The minimum atomic E-state index is -0.149. The second-order valence-electron chi connectivity index (χ2n) is 9.68. The molecule has 2 atom stereocenters. The number of aliphatic imine (C=N–C) groups is 1. The molecule has 2 aliphatic rings. The summed E-state index contributed by atoms with van der Waals surface area (Å²) in [5.74, 6) is 0. The SMILES string of the molecule is NC1C=CC=CC1=NC1Cn2c3ccccc3c3c4c(cc1c32)sc1c(-c2ccccc2)cccc14. The lowest BCUT2D eigenvalue weighted by Gasteiger charge is -2.15. The Morgan fingerprint density at radius 1 is 0.861 bits per heavy atom. The van der Waals surface area contributed by atoms with Crippen LogP contribution < -0.4 is 5.73 Å². The van der Waals surface area contributed by atoms with Crippen LogP contribution >= 0.6 is 11.3 Å². The molecule has 1 aliphatic heterocycles. The van der Waals surface area contributed by atoms with Gasteiger partial charge in [-0.15, -0.1) is 11.3 Å². The standard InChI is InChI=1S/C32H23N3S/c33-24-14-5-6-15-25(24)34-26-18-35-27-16-7-4-11-21(27)30-29-22-13-8-12-20(19-9-2-1-3-10-19)32(22)36-28(29)17-23(26)31(30)35/h1-17,24,26H,18,33H2. The Balaban J connectivity index is 1.47. The number of hydrogen-bond acceptors (Lipinski definition) is 3. The minimum absolute atomic E-state index is 0.0625. The van der Waals surface area contributed by atoms with Crippen molar-refractivity contribution >= 4 is 59.0 Å². The fourth-order valence-corrected chi connectivity index (χ4v) is 7.39. The summed E-state index contributed by atoms with van der Waals surface area (Å²) in [5, 5.41) is 5.39. The quantitative estimate of drug-likeness (QED) is 0.270. The molecule has 0 radical (unpaired) electrons. The summed E-state index contributed by atoms with van der Waals surface area (Å²) in [6.07, 6.45) is 8.10. The summed E-state index contributed by atoms with van der Waals surface area (Å²) in [7, 11) is 0. The van der Waals surface area contributed by atoms with Gasteiger partial charge < -0.3 is 10.3 Å². The van der Waals surface area contributed by atoms with Crippen molar-refractivity contribution in [1.82, 2.24) is 4.57 Å². The maximum atomic E-state index is 6.37. The van der Waals surface area contributed by atoms with E-state index in [9.17, 15) is 0 Å². The lowest BCUT2D eigenvalue weighted by Crippen LogP contribution is -2.28. The van der Waals surface area contributed by atoms with Crippen LogP contribution in [0.2, 0.25) is 0 Å². The molecule has 4 aromatic carbocycles. The summed E-state index contributed by atoms with van der Waals surface area (Å²) in [6, 6.07) is 28.6. The first-order chi connectivity index (χ1) is 17.8. The normalized spacial score (nSPS) is 20.1. The molecule has 36 heavy (non-hydrogen) atoms. The van der Waals surface area contributed by atoms with Crippen LogP contribution in [0.25, 0.3) is 53.1 Å². The Bertz CT molecular complexity index is 1930. The molecule has 8 rings (SSSR count). The van der Waals surface area contributed by atoms with Crippen LogP contribution in [0.5, 0.6) is 0 Å². The molecule has 3 heterocycles.